The van der Waals surface area contributed by atoms with Gasteiger partial charge in [-0.15, -0.1) is 0 Å². The third kappa shape index (κ3) is 2.92. The van der Waals surface area contributed by atoms with E-state index < -0.39 is 0 Å². The highest BCUT2D eigenvalue weighted by Gasteiger charge is 2.18. The van der Waals surface area contributed by atoms with Gasteiger partial charge in [-0.2, -0.15) is 0 Å². The molecule has 2 amide bonds. The van der Waals surface area contributed by atoms with Crippen LogP contribution in [0.25, 0.3) is 21.0 Å². The van der Waals surface area contributed by atoms with Crippen LogP contribution in [-0.2, 0) is 19.4 Å². The van der Waals surface area contributed by atoms with Crippen LogP contribution in [0.1, 0.15) is 16.7 Å². The Balaban J connectivity index is 1.38. The number of nitrogens with zero attached hydrogens (tertiary/aromatic N) is 1. The highest BCUT2D eigenvalue weighted by atomic mass is 32.1. The van der Waals surface area contributed by atoms with E-state index in [-0.39, 0.29) is 11.8 Å². The zero-order valence-electron chi connectivity index (χ0n) is 14.4. The van der Waals surface area contributed by atoms with Gasteiger partial charge in [0, 0.05) is 11.9 Å². The SMILES string of the molecule is O=C(NCc1ccc(F)cc1)Nc1nc2c(cc3c4c(cccc42)CC3)s1. The number of aromatic nitrogens is 1. The van der Waals surface area contributed by atoms with Gasteiger partial charge in [0.1, 0.15) is 5.82 Å². The quantitative estimate of drug-likeness (QED) is 0.527. The number of nitrogens with one attached hydrogen (secondary N) is 2. The zero-order valence-corrected chi connectivity index (χ0v) is 15.2. The van der Waals surface area contributed by atoms with E-state index in [9.17, 15) is 9.18 Å². The number of carbonyl (C=O) groups excluding carboxylic acids is 1. The van der Waals surface area contributed by atoms with Crippen molar-refractivity contribution in [3.63, 3.8) is 0 Å². The van der Waals surface area contributed by atoms with Crippen molar-refractivity contribution in [2.24, 2.45) is 0 Å². The molecule has 0 saturated heterocycles. The van der Waals surface area contributed by atoms with Gasteiger partial charge in [-0.1, -0.05) is 41.7 Å². The molecule has 0 radical (unpaired) electrons. The maximum absolute atomic E-state index is 12.9. The lowest BCUT2D eigenvalue weighted by Gasteiger charge is -2.05. The Bertz CT molecular complexity index is 1180. The minimum Gasteiger partial charge on any atom is -0.334 e. The second-order valence-electron chi connectivity index (χ2n) is 6.68. The fourth-order valence-corrected chi connectivity index (χ4v) is 4.63. The molecule has 0 aliphatic heterocycles. The van der Waals surface area contributed by atoms with E-state index in [4.69, 9.17) is 0 Å². The molecule has 5 rings (SSSR count). The number of carbonyl (C=O) groups is 1. The summed E-state index contributed by atoms with van der Waals surface area (Å²) in [6.45, 7) is 0.327. The van der Waals surface area contributed by atoms with Crippen molar-refractivity contribution >= 4 is 43.5 Å². The molecule has 1 aromatic heterocycles. The monoisotopic (exact) mass is 377 g/mol. The molecule has 0 fully saturated rings. The van der Waals surface area contributed by atoms with Gasteiger partial charge < -0.3 is 5.32 Å². The number of benzene rings is 3. The van der Waals surface area contributed by atoms with Crippen molar-refractivity contribution in [2.75, 3.05) is 5.32 Å². The van der Waals surface area contributed by atoms with Crippen LogP contribution >= 0.6 is 11.3 Å². The van der Waals surface area contributed by atoms with Crippen molar-refractivity contribution < 1.29 is 9.18 Å². The Morgan fingerprint density at radius 2 is 1.93 bits per heavy atom. The Kier molecular flexibility index (Phi) is 3.79. The lowest BCUT2D eigenvalue weighted by Crippen LogP contribution is -2.28. The molecule has 0 unspecified atom stereocenters. The molecule has 3 aromatic carbocycles. The van der Waals surface area contributed by atoms with Crippen molar-refractivity contribution in [1.82, 2.24) is 10.3 Å². The number of urea groups is 1. The molecule has 0 atom stereocenters. The molecule has 6 heteroatoms. The van der Waals surface area contributed by atoms with Crippen molar-refractivity contribution in [3.05, 3.63) is 71.0 Å². The van der Waals surface area contributed by atoms with Crippen LogP contribution in [0, 0.1) is 5.82 Å². The Labute approximate surface area is 159 Å². The molecule has 0 saturated carbocycles. The molecule has 27 heavy (non-hydrogen) atoms. The van der Waals surface area contributed by atoms with Crippen LogP contribution < -0.4 is 10.6 Å². The van der Waals surface area contributed by atoms with E-state index in [0.29, 0.717) is 11.7 Å². The lowest BCUT2D eigenvalue weighted by atomic mass is 10.0. The van der Waals surface area contributed by atoms with Gasteiger partial charge >= 0.3 is 6.03 Å². The first-order valence-corrected chi connectivity index (χ1v) is 9.62. The number of aryl methyl sites for hydroxylation is 2. The predicted molar refractivity (Wildman–Crippen MR) is 107 cm³/mol. The third-order valence-corrected chi connectivity index (χ3v) is 5.85. The van der Waals surface area contributed by atoms with Crippen LogP contribution in [0.5, 0.6) is 0 Å². The highest BCUT2D eigenvalue weighted by molar-refractivity contribution is 7.22. The largest absolute Gasteiger partial charge is 0.334 e. The summed E-state index contributed by atoms with van der Waals surface area (Å²) < 4.78 is 14.0. The maximum Gasteiger partial charge on any atom is 0.321 e. The number of halogens is 1. The zero-order chi connectivity index (χ0) is 18.4. The number of rotatable bonds is 3. The van der Waals surface area contributed by atoms with Gasteiger partial charge in [0.2, 0.25) is 0 Å². The molecular formula is C21H16FN3OS. The molecule has 1 aliphatic rings. The van der Waals surface area contributed by atoms with Gasteiger partial charge in [-0.3, -0.25) is 5.32 Å². The Morgan fingerprint density at radius 3 is 2.78 bits per heavy atom. The number of fused-ring (bicyclic) bond motifs is 2. The predicted octanol–water partition coefficient (Wildman–Crippen LogP) is 5.01. The second kappa shape index (κ2) is 6.32. The smallest absolute Gasteiger partial charge is 0.321 e. The molecule has 0 bridgehead atoms. The first-order valence-electron chi connectivity index (χ1n) is 8.81. The molecule has 0 spiro atoms. The maximum atomic E-state index is 12.9. The van der Waals surface area contributed by atoms with Crippen LogP contribution in [0.15, 0.2) is 48.5 Å². The number of anilines is 1. The first-order chi connectivity index (χ1) is 13.2. The number of hydrogen-bond acceptors (Lipinski definition) is 3. The fourth-order valence-electron chi connectivity index (χ4n) is 3.68. The summed E-state index contributed by atoms with van der Waals surface area (Å²) in [6, 6.07) is 14.3. The van der Waals surface area contributed by atoms with E-state index in [0.717, 1.165) is 34.0 Å². The average molecular weight is 377 g/mol. The van der Waals surface area contributed by atoms with Gasteiger partial charge in [0.05, 0.1) is 10.2 Å². The molecule has 4 aromatic rings. The normalized spacial score (nSPS) is 12.6. The summed E-state index contributed by atoms with van der Waals surface area (Å²) in [4.78, 5) is 16.9. The summed E-state index contributed by atoms with van der Waals surface area (Å²) in [5.41, 5.74) is 4.52. The minimum absolute atomic E-state index is 0.291. The molecule has 1 heterocycles. The van der Waals surface area contributed by atoms with E-state index in [1.807, 2.05) is 0 Å². The number of amides is 2. The average Bonchev–Trinajstić information content (AvgIpc) is 3.27. The van der Waals surface area contributed by atoms with E-state index in [2.05, 4.69) is 39.9 Å². The van der Waals surface area contributed by atoms with Crippen LogP contribution in [0.3, 0.4) is 0 Å². The van der Waals surface area contributed by atoms with Crippen molar-refractivity contribution in [3.8, 4) is 0 Å². The minimum atomic E-state index is -0.323. The van der Waals surface area contributed by atoms with E-state index in [1.165, 1.54) is 40.0 Å². The second-order valence-corrected chi connectivity index (χ2v) is 7.71. The van der Waals surface area contributed by atoms with Gasteiger partial charge in [0.25, 0.3) is 0 Å². The highest BCUT2D eigenvalue weighted by Crippen LogP contribution is 2.38. The van der Waals surface area contributed by atoms with Crippen LogP contribution in [-0.4, -0.2) is 11.0 Å². The topological polar surface area (TPSA) is 54.0 Å². The van der Waals surface area contributed by atoms with Crippen molar-refractivity contribution in [2.45, 2.75) is 19.4 Å². The van der Waals surface area contributed by atoms with Crippen LogP contribution in [0.2, 0.25) is 0 Å². The number of hydrogen-bond donors (Lipinski definition) is 2. The van der Waals surface area contributed by atoms with Crippen LogP contribution in [0.4, 0.5) is 14.3 Å². The molecule has 4 nitrogen and oxygen atoms in total. The van der Waals surface area contributed by atoms with E-state index >= 15 is 0 Å². The lowest BCUT2D eigenvalue weighted by molar-refractivity contribution is 0.251. The standard InChI is InChI=1S/C21H16FN3OS/c22-15-8-4-12(5-9-15)11-23-20(26)25-21-24-19-16-3-1-2-13-6-7-14(18(13)16)10-17(19)27-21/h1-5,8-10H,6-7,11H2,(H2,23,24,25,26). The summed E-state index contributed by atoms with van der Waals surface area (Å²) in [5.74, 6) is -0.291. The molecular weight excluding hydrogens is 361 g/mol. The fraction of sp³-hybridized carbons (Fsp3) is 0.143. The summed E-state index contributed by atoms with van der Waals surface area (Å²) >= 11 is 1.48. The molecule has 2 N–H and O–H groups in total. The Morgan fingerprint density at radius 1 is 1.11 bits per heavy atom. The number of thiazole rings is 1. The third-order valence-electron chi connectivity index (χ3n) is 4.94. The molecule has 1 aliphatic carbocycles. The van der Waals surface area contributed by atoms with Gasteiger partial charge in [0.15, 0.2) is 5.13 Å². The van der Waals surface area contributed by atoms with Gasteiger partial charge in [-0.05, 0) is 53.1 Å². The van der Waals surface area contributed by atoms with E-state index in [1.54, 1.807) is 12.1 Å². The summed E-state index contributed by atoms with van der Waals surface area (Å²) in [6.07, 6.45) is 2.14. The van der Waals surface area contributed by atoms with Gasteiger partial charge in [-0.25, -0.2) is 14.2 Å². The first kappa shape index (κ1) is 16.2. The molecule has 134 valence electrons. The Hall–Kier alpha value is -2.99. The summed E-state index contributed by atoms with van der Waals surface area (Å²) in [7, 11) is 0. The summed E-state index contributed by atoms with van der Waals surface area (Å²) in [5, 5.41) is 8.64. The van der Waals surface area contributed by atoms with Crippen molar-refractivity contribution in [1.29, 1.82) is 0 Å².